The van der Waals surface area contributed by atoms with Gasteiger partial charge in [-0.2, -0.15) is 0 Å². The molecule has 2 aromatic rings. The van der Waals surface area contributed by atoms with Crippen LogP contribution < -0.4 is 10.2 Å². The molecule has 0 atom stereocenters. The van der Waals surface area contributed by atoms with Gasteiger partial charge in [-0.15, -0.1) is 0 Å². The molecule has 1 heterocycles. The first-order chi connectivity index (χ1) is 12.6. The summed E-state index contributed by atoms with van der Waals surface area (Å²) in [4.78, 5) is 16.6. The number of hydrogen-bond donors (Lipinski definition) is 1. The van der Waals surface area contributed by atoms with Gasteiger partial charge in [0.25, 0.3) is 0 Å². The molecule has 3 rings (SSSR count). The molecule has 0 radical (unpaired) electrons. The Hall–Kier alpha value is -1.75. The van der Waals surface area contributed by atoms with Crippen molar-refractivity contribution in [2.75, 3.05) is 44.2 Å². The van der Waals surface area contributed by atoms with E-state index in [2.05, 4.69) is 27.2 Å². The van der Waals surface area contributed by atoms with Gasteiger partial charge in [0.1, 0.15) is 0 Å². The van der Waals surface area contributed by atoms with Gasteiger partial charge in [-0.3, -0.25) is 9.69 Å². The number of hydrogen-bond acceptors (Lipinski definition) is 3. The molecular weight excluding hydrogens is 369 g/mol. The van der Waals surface area contributed by atoms with Crippen LogP contribution in [0, 0.1) is 0 Å². The van der Waals surface area contributed by atoms with E-state index in [1.807, 2.05) is 36.4 Å². The molecule has 1 fully saturated rings. The van der Waals surface area contributed by atoms with E-state index >= 15 is 0 Å². The topological polar surface area (TPSA) is 35.6 Å². The predicted molar refractivity (Wildman–Crippen MR) is 108 cm³/mol. The highest BCUT2D eigenvalue weighted by atomic mass is 35.5. The average molecular weight is 392 g/mol. The molecular formula is C20H23Cl2N3O. The molecule has 2 aromatic carbocycles. The van der Waals surface area contributed by atoms with Crippen LogP contribution in [0.15, 0.2) is 48.5 Å². The Morgan fingerprint density at radius 1 is 0.962 bits per heavy atom. The van der Waals surface area contributed by atoms with Crippen molar-refractivity contribution in [3.63, 3.8) is 0 Å². The van der Waals surface area contributed by atoms with E-state index < -0.39 is 0 Å². The Labute approximate surface area is 164 Å². The van der Waals surface area contributed by atoms with Gasteiger partial charge < -0.3 is 10.2 Å². The highest BCUT2D eigenvalue weighted by Gasteiger charge is 2.19. The summed E-state index contributed by atoms with van der Waals surface area (Å²) in [6.45, 7) is 4.57. The van der Waals surface area contributed by atoms with Crippen molar-refractivity contribution in [1.82, 2.24) is 10.2 Å². The zero-order valence-corrected chi connectivity index (χ0v) is 16.1. The van der Waals surface area contributed by atoms with Crippen molar-refractivity contribution < 1.29 is 4.79 Å². The van der Waals surface area contributed by atoms with Gasteiger partial charge in [0.2, 0.25) is 5.91 Å². The fraction of sp³-hybridized carbons (Fsp3) is 0.350. The lowest BCUT2D eigenvalue weighted by atomic mass is 10.1. The Morgan fingerprint density at radius 2 is 1.69 bits per heavy atom. The third kappa shape index (κ3) is 5.37. The van der Waals surface area contributed by atoms with Gasteiger partial charge in [0.15, 0.2) is 0 Å². The van der Waals surface area contributed by atoms with Crippen LogP contribution in [0.5, 0.6) is 0 Å². The zero-order valence-electron chi connectivity index (χ0n) is 14.6. The first-order valence-electron chi connectivity index (χ1n) is 8.85. The monoisotopic (exact) mass is 391 g/mol. The van der Waals surface area contributed by atoms with Gasteiger partial charge in [-0.25, -0.2) is 0 Å². The van der Waals surface area contributed by atoms with Crippen molar-refractivity contribution in [2.45, 2.75) is 6.42 Å². The molecule has 0 saturated carbocycles. The second-order valence-electron chi connectivity index (χ2n) is 6.45. The quantitative estimate of drug-likeness (QED) is 0.818. The molecule has 4 nitrogen and oxygen atoms in total. The number of anilines is 1. The van der Waals surface area contributed by atoms with Crippen LogP contribution in [-0.4, -0.2) is 50.1 Å². The molecule has 0 unspecified atom stereocenters. The highest BCUT2D eigenvalue weighted by molar-refractivity contribution is 6.42. The molecule has 6 heteroatoms. The largest absolute Gasteiger partial charge is 0.369 e. The highest BCUT2D eigenvalue weighted by Crippen LogP contribution is 2.27. The molecule has 1 aliphatic heterocycles. The van der Waals surface area contributed by atoms with Gasteiger partial charge in [-0.1, -0.05) is 53.5 Å². The minimum atomic E-state index is 0.0870. The van der Waals surface area contributed by atoms with Gasteiger partial charge in [0, 0.05) is 38.4 Å². The SMILES string of the molecule is O=C(CN1CCN(c2ccc(Cl)c(Cl)c2)CC1)NCCc1ccccc1. The minimum absolute atomic E-state index is 0.0870. The Morgan fingerprint density at radius 3 is 2.38 bits per heavy atom. The Kier molecular flexibility index (Phi) is 6.78. The van der Waals surface area contributed by atoms with Gasteiger partial charge in [-0.05, 0) is 30.2 Å². The summed E-state index contributed by atoms with van der Waals surface area (Å²) in [5.74, 6) is 0.0870. The smallest absolute Gasteiger partial charge is 0.234 e. The molecule has 26 heavy (non-hydrogen) atoms. The van der Waals surface area contributed by atoms with Crippen LogP contribution in [0.4, 0.5) is 5.69 Å². The van der Waals surface area contributed by atoms with E-state index in [1.165, 1.54) is 5.56 Å². The molecule has 1 aliphatic rings. The lowest BCUT2D eigenvalue weighted by Crippen LogP contribution is -2.49. The maximum atomic E-state index is 12.1. The van der Waals surface area contributed by atoms with E-state index in [0.29, 0.717) is 23.1 Å². The van der Waals surface area contributed by atoms with E-state index in [9.17, 15) is 4.79 Å². The third-order valence-electron chi connectivity index (χ3n) is 4.59. The lowest BCUT2D eigenvalue weighted by Gasteiger charge is -2.35. The number of benzene rings is 2. The van der Waals surface area contributed by atoms with Gasteiger partial charge in [0.05, 0.1) is 16.6 Å². The van der Waals surface area contributed by atoms with Crippen molar-refractivity contribution >= 4 is 34.8 Å². The van der Waals surface area contributed by atoms with Crippen LogP contribution >= 0.6 is 23.2 Å². The second kappa shape index (κ2) is 9.26. The van der Waals surface area contributed by atoms with Crippen molar-refractivity contribution in [3.8, 4) is 0 Å². The summed E-state index contributed by atoms with van der Waals surface area (Å²) in [5, 5.41) is 4.15. The first kappa shape index (κ1) is 19.0. The third-order valence-corrected chi connectivity index (χ3v) is 5.33. The number of nitrogens with one attached hydrogen (secondary N) is 1. The molecule has 0 aromatic heterocycles. The molecule has 1 saturated heterocycles. The average Bonchev–Trinajstić information content (AvgIpc) is 2.65. The van der Waals surface area contributed by atoms with E-state index in [-0.39, 0.29) is 5.91 Å². The van der Waals surface area contributed by atoms with E-state index in [0.717, 1.165) is 38.3 Å². The lowest BCUT2D eigenvalue weighted by molar-refractivity contribution is -0.122. The van der Waals surface area contributed by atoms with Crippen LogP contribution in [0.1, 0.15) is 5.56 Å². The Balaban J connectivity index is 1.39. The fourth-order valence-corrected chi connectivity index (χ4v) is 3.39. The number of rotatable bonds is 6. The minimum Gasteiger partial charge on any atom is -0.369 e. The summed E-state index contributed by atoms with van der Waals surface area (Å²) in [6, 6.07) is 15.9. The zero-order chi connectivity index (χ0) is 18.4. The summed E-state index contributed by atoms with van der Waals surface area (Å²) >= 11 is 12.1. The maximum absolute atomic E-state index is 12.1. The van der Waals surface area contributed by atoms with Crippen LogP contribution in [-0.2, 0) is 11.2 Å². The van der Waals surface area contributed by atoms with E-state index in [1.54, 1.807) is 0 Å². The van der Waals surface area contributed by atoms with Crippen molar-refractivity contribution in [2.24, 2.45) is 0 Å². The summed E-state index contributed by atoms with van der Waals surface area (Å²) in [7, 11) is 0. The Bertz CT molecular complexity index is 731. The molecule has 138 valence electrons. The summed E-state index contributed by atoms with van der Waals surface area (Å²) in [6.07, 6.45) is 0.859. The molecule has 0 spiro atoms. The first-order valence-corrected chi connectivity index (χ1v) is 9.60. The fourth-order valence-electron chi connectivity index (χ4n) is 3.10. The second-order valence-corrected chi connectivity index (χ2v) is 7.26. The molecule has 1 N–H and O–H groups in total. The van der Waals surface area contributed by atoms with E-state index in [4.69, 9.17) is 23.2 Å². The maximum Gasteiger partial charge on any atom is 0.234 e. The predicted octanol–water partition coefficient (Wildman–Crippen LogP) is 3.47. The standard InChI is InChI=1S/C20H23Cl2N3O/c21-18-7-6-17(14-19(18)22)25-12-10-24(11-13-25)15-20(26)23-9-8-16-4-2-1-3-5-16/h1-7,14H,8-13,15H2,(H,23,26). The van der Waals surface area contributed by atoms with Crippen molar-refractivity contribution in [3.05, 3.63) is 64.1 Å². The van der Waals surface area contributed by atoms with Crippen LogP contribution in [0.2, 0.25) is 10.0 Å². The van der Waals surface area contributed by atoms with Crippen LogP contribution in [0.3, 0.4) is 0 Å². The number of nitrogens with zero attached hydrogens (tertiary/aromatic N) is 2. The summed E-state index contributed by atoms with van der Waals surface area (Å²) < 4.78 is 0. The van der Waals surface area contributed by atoms with Gasteiger partial charge >= 0.3 is 0 Å². The van der Waals surface area contributed by atoms with Crippen molar-refractivity contribution in [1.29, 1.82) is 0 Å². The number of piperazine rings is 1. The number of halogens is 2. The molecule has 0 bridgehead atoms. The summed E-state index contributed by atoms with van der Waals surface area (Å²) in [5.41, 5.74) is 2.31. The van der Waals surface area contributed by atoms with Crippen LogP contribution in [0.25, 0.3) is 0 Å². The molecule has 1 amide bonds. The number of amides is 1. The number of carbonyl (C=O) groups excluding carboxylic acids is 1. The number of carbonyl (C=O) groups is 1. The molecule has 0 aliphatic carbocycles. The normalized spacial score (nSPS) is 15.1.